The van der Waals surface area contributed by atoms with E-state index in [1.165, 1.54) is 11.1 Å². The summed E-state index contributed by atoms with van der Waals surface area (Å²) in [4.78, 5) is 4.68. The third kappa shape index (κ3) is 3.88. The standard InChI is InChI=1S/C17H14ClNS2/c1-12-2-4-13(5-3-12)10-20-17-19-16(11-21-17)14-6-8-15(18)9-7-14/h2-9,11H,10H2,1H3. The van der Waals surface area contributed by atoms with E-state index in [1.807, 2.05) is 24.3 Å². The maximum absolute atomic E-state index is 5.91. The Morgan fingerprint density at radius 1 is 1.05 bits per heavy atom. The summed E-state index contributed by atoms with van der Waals surface area (Å²) in [6, 6.07) is 16.5. The normalized spacial score (nSPS) is 10.8. The average Bonchev–Trinajstić information content (AvgIpc) is 2.96. The number of hydrogen-bond acceptors (Lipinski definition) is 3. The highest BCUT2D eigenvalue weighted by Crippen LogP contribution is 2.30. The molecular weight excluding hydrogens is 318 g/mol. The Morgan fingerprint density at radius 2 is 1.76 bits per heavy atom. The molecule has 2 aromatic carbocycles. The molecule has 0 saturated heterocycles. The van der Waals surface area contributed by atoms with Crippen LogP contribution in [0.15, 0.2) is 58.3 Å². The first-order valence-electron chi connectivity index (χ1n) is 6.60. The number of nitrogens with zero attached hydrogens (tertiary/aromatic N) is 1. The molecule has 0 aliphatic carbocycles. The molecule has 106 valence electrons. The highest BCUT2D eigenvalue weighted by atomic mass is 35.5. The van der Waals surface area contributed by atoms with Crippen molar-refractivity contribution in [3.63, 3.8) is 0 Å². The molecule has 21 heavy (non-hydrogen) atoms. The van der Waals surface area contributed by atoms with E-state index in [2.05, 4.69) is 41.6 Å². The topological polar surface area (TPSA) is 12.9 Å². The molecular formula is C17H14ClNS2. The minimum atomic E-state index is 0.753. The Bertz CT molecular complexity index is 717. The van der Waals surface area contributed by atoms with Crippen LogP contribution in [0.5, 0.6) is 0 Å². The first kappa shape index (κ1) is 14.6. The van der Waals surface area contributed by atoms with Crippen LogP contribution in [-0.2, 0) is 5.75 Å². The number of aromatic nitrogens is 1. The van der Waals surface area contributed by atoms with Crippen molar-refractivity contribution < 1.29 is 0 Å². The second-order valence-electron chi connectivity index (χ2n) is 4.78. The number of thioether (sulfide) groups is 1. The number of aryl methyl sites for hydroxylation is 1. The van der Waals surface area contributed by atoms with Gasteiger partial charge in [0.2, 0.25) is 0 Å². The predicted molar refractivity (Wildman–Crippen MR) is 93.3 cm³/mol. The molecule has 1 nitrogen and oxygen atoms in total. The van der Waals surface area contributed by atoms with E-state index in [0.717, 1.165) is 26.4 Å². The van der Waals surface area contributed by atoms with Crippen LogP contribution in [0.3, 0.4) is 0 Å². The van der Waals surface area contributed by atoms with E-state index in [1.54, 1.807) is 23.1 Å². The maximum Gasteiger partial charge on any atom is 0.150 e. The molecule has 0 aliphatic rings. The molecule has 0 fully saturated rings. The number of rotatable bonds is 4. The van der Waals surface area contributed by atoms with E-state index in [9.17, 15) is 0 Å². The number of halogens is 1. The summed E-state index contributed by atoms with van der Waals surface area (Å²) in [7, 11) is 0. The van der Waals surface area contributed by atoms with Gasteiger partial charge in [-0.3, -0.25) is 0 Å². The molecule has 0 spiro atoms. The summed E-state index contributed by atoms with van der Waals surface area (Å²) >= 11 is 9.38. The highest BCUT2D eigenvalue weighted by molar-refractivity contribution is 8.00. The Kier molecular flexibility index (Phi) is 4.63. The highest BCUT2D eigenvalue weighted by Gasteiger charge is 2.05. The van der Waals surface area contributed by atoms with Crippen molar-refractivity contribution in [1.82, 2.24) is 4.98 Å². The smallest absolute Gasteiger partial charge is 0.150 e. The monoisotopic (exact) mass is 331 g/mol. The zero-order valence-corrected chi connectivity index (χ0v) is 13.9. The van der Waals surface area contributed by atoms with Crippen molar-refractivity contribution in [3.05, 3.63) is 70.1 Å². The van der Waals surface area contributed by atoms with E-state index in [4.69, 9.17) is 11.6 Å². The molecule has 0 unspecified atom stereocenters. The first-order valence-corrected chi connectivity index (χ1v) is 8.85. The molecule has 1 aromatic heterocycles. The predicted octanol–water partition coefficient (Wildman–Crippen LogP) is 6.06. The van der Waals surface area contributed by atoms with Gasteiger partial charge < -0.3 is 0 Å². The Morgan fingerprint density at radius 3 is 2.48 bits per heavy atom. The van der Waals surface area contributed by atoms with Crippen LogP contribution < -0.4 is 0 Å². The van der Waals surface area contributed by atoms with E-state index < -0.39 is 0 Å². The van der Waals surface area contributed by atoms with Crippen LogP contribution in [0.1, 0.15) is 11.1 Å². The van der Waals surface area contributed by atoms with Gasteiger partial charge in [0, 0.05) is 21.7 Å². The summed E-state index contributed by atoms with van der Waals surface area (Å²) in [6.45, 7) is 2.11. The van der Waals surface area contributed by atoms with Gasteiger partial charge in [-0.15, -0.1) is 11.3 Å². The summed E-state index contributed by atoms with van der Waals surface area (Å²) in [6.07, 6.45) is 0. The van der Waals surface area contributed by atoms with E-state index in [0.29, 0.717) is 0 Å². The number of benzene rings is 2. The third-order valence-electron chi connectivity index (χ3n) is 3.11. The molecule has 0 radical (unpaired) electrons. The van der Waals surface area contributed by atoms with Crippen LogP contribution in [0.2, 0.25) is 5.02 Å². The SMILES string of the molecule is Cc1ccc(CSc2nc(-c3ccc(Cl)cc3)cs2)cc1. The van der Waals surface area contributed by atoms with Crippen molar-refractivity contribution in [2.75, 3.05) is 0 Å². The van der Waals surface area contributed by atoms with Crippen molar-refractivity contribution in [3.8, 4) is 11.3 Å². The first-order chi connectivity index (χ1) is 10.2. The minimum absolute atomic E-state index is 0.753. The van der Waals surface area contributed by atoms with Gasteiger partial charge in [0.1, 0.15) is 0 Å². The third-order valence-corrected chi connectivity index (χ3v) is 5.45. The largest absolute Gasteiger partial charge is 0.230 e. The van der Waals surface area contributed by atoms with Gasteiger partial charge in [-0.25, -0.2) is 4.98 Å². The molecule has 0 N–H and O–H groups in total. The van der Waals surface area contributed by atoms with Crippen LogP contribution in [0.4, 0.5) is 0 Å². The van der Waals surface area contributed by atoms with Crippen LogP contribution in [-0.4, -0.2) is 4.98 Å². The fraction of sp³-hybridized carbons (Fsp3) is 0.118. The van der Waals surface area contributed by atoms with Crippen LogP contribution >= 0.6 is 34.7 Å². The number of thiazole rings is 1. The van der Waals surface area contributed by atoms with E-state index in [-0.39, 0.29) is 0 Å². The zero-order chi connectivity index (χ0) is 14.7. The maximum atomic E-state index is 5.91. The fourth-order valence-corrected chi connectivity index (χ4v) is 3.82. The molecule has 0 atom stereocenters. The zero-order valence-electron chi connectivity index (χ0n) is 11.5. The van der Waals surface area contributed by atoms with Crippen molar-refractivity contribution in [1.29, 1.82) is 0 Å². The molecule has 0 amide bonds. The Hall–Kier alpha value is -1.29. The lowest BCUT2D eigenvalue weighted by molar-refractivity contribution is 1.24. The van der Waals surface area contributed by atoms with Crippen molar-refractivity contribution >= 4 is 34.7 Å². The summed E-state index contributed by atoms with van der Waals surface area (Å²) < 4.78 is 1.10. The van der Waals surface area contributed by atoms with Crippen LogP contribution in [0.25, 0.3) is 11.3 Å². The van der Waals surface area contributed by atoms with Crippen molar-refractivity contribution in [2.24, 2.45) is 0 Å². The molecule has 3 rings (SSSR count). The van der Waals surface area contributed by atoms with Crippen LogP contribution in [0, 0.1) is 6.92 Å². The fourth-order valence-electron chi connectivity index (χ4n) is 1.91. The average molecular weight is 332 g/mol. The molecule has 4 heteroatoms. The summed E-state index contributed by atoms with van der Waals surface area (Å²) in [5.74, 6) is 0.952. The van der Waals surface area contributed by atoms with Gasteiger partial charge in [-0.2, -0.15) is 0 Å². The van der Waals surface area contributed by atoms with Gasteiger partial charge >= 0.3 is 0 Å². The van der Waals surface area contributed by atoms with Gasteiger partial charge in [0.15, 0.2) is 4.34 Å². The molecule has 1 heterocycles. The molecule has 0 aliphatic heterocycles. The quantitative estimate of drug-likeness (QED) is 0.538. The lowest BCUT2D eigenvalue weighted by Crippen LogP contribution is -1.81. The Balaban J connectivity index is 1.67. The minimum Gasteiger partial charge on any atom is -0.230 e. The molecule has 0 bridgehead atoms. The number of hydrogen-bond donors (Lipinski definition) is 0. The second kappa shape index (κ2) is 6.65. The second-order valence-corrected chi connectivity index (χ2v) is 7.30. The molecule has 3 aromatic rings. The molecule has 0 saturated carbocycles. The van der Waals surface area contributed by atoms with Gasteiger partial charge in [0.05, 0.1) is 5.69 Å². The summed E-state index contributed by atoms with van der Waals surface area (Å²) in [5.41, 5.74) is 4.75. The Labute approximate surface area is 138 Å². The van der Waals surface area contributed by atoms with E-state index >= 15 is 0 Å². The lowest BCUT2D eigenvalue weighted by atomic mass is 10.2. The lowest BCUT2D eigenvalue weighted by Gasteiger charge is -2.00. The summed E-state index contributed by atoms with van der Waals surface area (Å²) in [5, 5.41) is 2.85. The van der Waals surface area contributed by atoms with Gasteiger partial charge in [0.25, 0.3) is 0 Å². The van der Waals surface area contributed by atoms with Gasteiger partial charge in [-0.05, 0) is 24.6 Å². The van der Waals surface area contributed by atoms with Crippen molar-refractivity contribution in [2.45, 2.75) is 17.0 Å². The van der Waals surface area contributed by atoms with Gasteiger partial charge in [-0.1, -0.05) is 65.3 Å².